The van der Waals surface area contributed by atoms with Crippen LogP contribution < -0.4 is 0 Å². The highest BCUT2D eigenvalue weighted by molar-refractivity contribution is 4.99. The molecule has 0 bridgehead atoms. The van der Waals surface area contributed by atoms with E-state index in [1.807, 2.05) is 0 Å². The summed E-state index contributed by atoms with van der Waals surface area (Å²) in [5.74, 6) is 2.69. The van der Waals surface area contributed by atoms with Gasteiger partial charge in [0.25, 0.3) is 0 Å². The van der Waals surface area contributed by atoms with Crippen LogP contribution in [0.1, 0.15) is 54.4 Å². The van der Waals surface area contributed by atoms with E-state index in [9.17, 15) is 0 Å². The van der Waals surface area contributed by atoms with Gasteiger partial charge in [-0.1, -0.05) is 13.8 Å². The highest BCUT2D eigenvalue weighted by atomic mass is 15.3. The molecule has 0 aromatic heterocycles. The molecule has 2 aliphatic heterocycles. The first-order valence-electron chi connectivity index (χ1n) is 8.31. The highest BCUT2D eigenvalue weighted by Gasteiger charge is 2.43. The van der Waals surface area contributed by atoms with E-state index in [4.69, 9.17) is 0 Å². The topological polar surface area (TPSA) is 6.48 Å². The summed E-state index contributed by atoms with van der Waals surface area (Å²) in [5.41, 5.74) is 0.396. The van der Waals surface area contributed by atoms with Crippen LogP contribution >= 0.6 is 0 Å². The first-order chi connectivity index (χ1) is 8.82. The van der Waals surface area contributed by atoms with E-state index in [1.165, 1.54) is 39.0 Å². The second-order valence-corrected chi connectivity index (χ2v) is 7.97. The molecule has 2 saturated heterocycles. The fraction of sp³-hybridized carbons (Fsp3) is 1.00. The maximum atomic E-state index is 2.77. The van der Waals surface area contributed by atoms with Crippen LogP contribution in [-0.2, 0) is 0 Å². The second kappa shape index (κ2) is 5.73. The molecule has 0 aromatic rings. The zero-order valence-electron chi connectivity index (χ0n) is 13.9. The second-order valence-electron chi connectivity index (χ2n) is 7.97. The molecule has 0 N–H and O–H groups in total. The van der Waals surface area contributed by atoms with Gasteiger partial charge in [-0.15, -0.1) is 0 Å². The molecule has 2 rings (SSSR count). The summed E-state index contributed by atoms with van der Waals surface area (Å²) >= 11 is 0. The standard InChI is InChI=1S/C17H34N2/c1-13(2)15-7-9-19(10-8-15)17(5,6)16-11-18(12-16)14(3)4/h13-16H,7-12H2,1-6H3. The van der Waals surface area contributed by atoms with E-state index >= 15 is 0 Å². The fourth-order valence-electron chi connectivity index (χ4n) is 3.78. The van der Waals surface area contributed by atoms with Crippen LogP contribution in [0.2, 0.25) is 0 Å². The SMILES string of the molecule is CC(C)C1CCN(C(C)(C)C2CN(C(C)C)C2)CC1. The third-order valence-corrected chi connectivity index (χ3v) is 5.94. The minimum Gasteiger partial charge on any atom is -0.300 e. The number of hydrogen-bond acceptors (Lipinski definition) is 2. The quantitative estimate of drug-likeness (QED) is 0.769. The summed E-state index contributed by atoms with van der Waals surface area (Å²) in [7, 11) is 0. The van der Waals surface area contributed by atoms with Crippen molar-refractivity contribution in [3.8, 4) is 0 Å². The van der Waals surface area contributed by atoms with Crippen LogP contribution in [0.4, 0.5) is 0 Å². The third kappa shape index (κ3) is 3.16. The van der Waals surface area contributed by atoms with Gasteiger partial charge in [-0.25, -0.2) is 0 Å². The number of piperidine rings is 1. The molecule has 2 nitrogen and oxygen atoms in total. The Morgan fingerprint density at radius 1 is 0.947 bits per heavy atom. The van der Waals surface area contributed by atoms with E-state index in [0.29, 0.717) is 5.54 Å². The number of likely N-dealkylation sites (tertiary alicyclic amines) is 2. The van der Waals surface area contributed by atoms with Crippen molar-refractivity contribution in [1.29, 1.82) is 0 Å². The van der Waals surface area contributed by atoms with Crippen LogP contribution in [0.25, 0.3) is 0 Å². The molecule has 0 saturated carbocycles. The maximum Gasteiger partial charge on any atom is 0.0205 e. The summed E-state index contributed by atoms with van der Waals surface area (Å²) in [6.45, 7) is 19.6. The monoisotopic (exact) mass is 266 g/mol. The summed E-state index contributed by atoms with van der Waals surface area (Å²) < 4.78 is 0. The summed E-state index contributed by atoms with van der Waals surface area (Å²) in [5, 5.41) is 0. The number of nitrogens with zero attached hydrogens (tertiary/aromatic N) is 2. The molecule has 0 radical (unpaired) electrons. The minimum atomic E-state index is 0.396. The molecule has 2 aliphatic rings. The van der Waals surface area contributed by atoms with Gasteiger partial charge >= 0.3 is 0 Å². The maximum absolute atomic E-state index is 2.77. The Kier molecular flexibility index (Phi) is 4.62. The fourth-order valence-corrected chi connectivity index (χ4v) is 3.78. The Morgan fingerprint density at radius 3 is 1.89 bits per heavy atom. The molecule has 0 aromatic carbocycles. The lowest BCUT2D eigenvalue weighted by Crippen LogP contribution is -2.64. The average molecular weight is 266 g/mol. The predicted octanol–water partition coefficient (Wildman–Crippen LogP) is 3.47. The van der Waals surface area contributed by atoms with Crippen molar-refractivity contribution >= 4 is 0 Å². The van der Waals surface area contributed by atoms with E-state index in [-0.39, 0.29) is 0 Å². The summed E-state index contributed by atoms with van der Waals surface area (Å²) in [6, 6.07) is 0.721. The lowest BCUT2D eigenvalue weighted by Gasteiger charge is -2.55. The molecule has 0 aliphatic carbocycles. The molecule has 0 spiro atoms. The largest absolute Gasteiger partial charge is 0.300 e. The Morgan fingerprint density at radius 2 is 1.47 bits per heavy atom. The van der Waals surface area contributed by atoms with Gasteiger partial charge in [0, 0.05) is 30.6 Å². The van der Waals surface area contributed by atoms with Gasteiger partial charge in [0.2, 0.25) is 0 Å². The molecular formula is C17H34N2. The lowest BCUT2D eigenvalue weighted by atomic mass is 9.77. The van der Waals surface area contributed by atoms with Gasteiger partial charge in [-0.05, 0) is 65.5 Å². The Balaban J connectivity index is 1.85. The van der Waals surface area contributed by atoms with Crippen molar-refractivity contribution in [2.75, 3.05) is 26.2 Å². The van der Waals surface area contributed by atoms with Gasteiger partial charge in [0.05, 0.1) is 0 Å². The summed E-state index contributed by atoms with van der Waals surface area (Å²) in [4.78, 5) is 5.38. The zero-order valence-corrected chi connectivity index (χ0v) is 13.9. The molecule has 0 amide bonds. The van der Waals surface area contributed by atoms with Crippen molar-refractivity contribution in [2.45, 2.75) is 66.0 Å². The summed E-state index contributed by atoms with van der Waals surface area (Å²) in [6.07, 6.45) is 2.81. The van der Waals surface area contributed by atoms with Crippen LogP contribution in [0.5, 0.6) is 0 Å². The first kappa shape index (κ1) is 15.3. The molecule has 112 valence electrons. The number of rotatable bonds is 4. The normalized spacial score (nSPS) is 25.3. The molecule has 2 heteroatoms. The van der Waals surface area contributed by atoms with E-state index in [2.05, 4.69) is 51.3 Å². The van der Waals surface area contributed by atoms with Gasteiger partial charge in [-0.2, -0.15) is 0 Å². The van der Waals surface area contributed by atoms with Crippen LogP contribution in [-0.4, -0.2) is 47.6 Å². The smallest absolute Gasteiger partial charge is 0.0205 e. The van der Waals surface area contributed by atoms with Crippen molar-refractivity contribution in [1.82, 2.24) is 9.80 Å². The molecule has 0 unspecified atom stereocenters. The number of hydrogen-bond donors (Lipinski definition) is 0. The molecule has 2 fully saturated rings. The van der Waals surface area contributed by atoms with Crippen LogP contribution in [0.3, 0.4) is 0 Å². The van der Waals surface area contributed by atoms with E-state index in [1.54, 1.807) is 0 Å². The van der Waals surface area contributed by atoms with Gasteiger partial charge in [-0.3, -0.25) is 4.90 Å². The van der Waals surface area contributed by atoms with Crippen molar-refractivity contribution in [2.24, 2.45) is 17.8 Å². The first-order valence-corrected chi connectivity index (χ1v) is 8.31. The Labute approximate surface area is 120 Å². The van der Waals surface area contributed by atoms with Gasteiger partial charge in [0.1, 0.15) is 0 Å². The van der Waals surface area contributed by atoms with E-state index in [0.717, 1.165) is 23.8 Å². The molecule has 2 heterocycles. The van der Waals surface area contributed by atoms with Gasteiger partial charge < -0.3 is 4.90 Å². The zero-order chi connectivity index (χ0) is 14.2. The Hall–Kier alpha value is -0.0800. The van der Waals surface area contributed by atoms with Gasteiger partial charge in [0.15, 0.2) is 0 Å². The molecule has 19 heavy (non-hydrogen) atoms. The van der Waals surface area contributed by atoms with Crippen molar-refractivity contribution in [3.63, 3.8) is 0 Å². The van der Waals surface area contributed by atoms with Crippen LogP contribution in [0, 0.1) is 17.8 Å². The van der Waals surface area contributed by atoms with Crippen molar-refractivity contribution in [3.05, 3.63) is 0 Å². The van der Waals surface area contributed by atoms with Crippen molar-refractivity contribution < 1.29 is 0 Å². The predicted molar refractivity (Wildman–Crippen MR) is 83.4 cm³/mol. The third-order valence-electron chi connectivity index (χ3n) is 5.94. The highest BCUT2D eigenvalue weighted by Crippen LogP contribution is 2.36. The lowest BCUT2D eigenvalue weighted by molar-refractivity contribution is -0.0542. The Bertz CT molecular complexity index is 282. The molecular weight excluding hydrogens is 232 g/mol. The van der Waals surface area contributed by atoms with Crippen LogP contribution in [0.15, 0.2) is 0 Å². The van der Waals surface area contributed by atoms with E-state index < -0.39 is 0 Å². The average Bonchev–Trinajstić information content (AvgIpc) is 2.26. The molecule has 0 atom stereocenters. The minimum absolute atomic E-state index is 0.396.